The van der Waals surface area contributed by atoms with Crippen molar-refractivity contribution < 1.29 is 14.1 Å². The van der Waals surface area contributed by atoms with Gasteiger partial charge in [-0.1, -0.05) is 18.2 Å². The zero-order chi connectivity index (χ0) is 14.5. The molecule has 0 radical (unpaired) electrons. The van der Waals surface area contributed by atoms with E-state index in [1.807, 2.05) is 19.2 Å². The smallest absolute Gasteiger partial charge is 0.346 e. The lowest BCUT2D eigenvalue weighted by Gasteiger charge is -2.07. The molecule has 20 heavy (non-hydrogen) atoms. The Morgan fingerprint density at radius 1 is 1.25 bits per heavy atom. The van der Waals surface area contributed by atoms with Crippen LogP contribution in [0.15, 0.2) is 42.5 Å². The summed E-state index contributed by atoms with van der Waals surface area (Å²) in [6.45, 7) is 0.709. The van der Waals surface area contributed by atoms with Crippen molar-refractivity contribution >= 4 is 5.69 Å². The van der Waals surface area contributed by atoms with E-state index in [1.54, 1.807) is 12.1 Å². The van der Waals surface area contributed by atoms with Crippen molar-refractivity contribution in [3.8, 4) is 11.5 Å². The summed E-state index contributed by atoms with van der Waals surface area (Å²) in [4.78, 5) is 10.1. The third-order valence-electron chi connectivity index (χ3n) is 2.66. The Balaban J connectivity index is 2.26. The first-order chi connectivity index (χ1) is 9.61. The summed E-state index contributed by atoms with van der Waals surface area (Å²) < 4.78 is 18.8. The Morgan fingerprint density at radius 3 is 2.55 bits per heavy atom. The number of nitrogens with one attached hydrogen (secondary N) is 1. The first-order valence-electron chi connectivity index (χ1n) is 5.96. The van der Waals surface area contributed by atoms with Crippen molar-refractivity contribution in [2.45, 2.75) is 6.54 Å². The number of benzene rings is 2. The Kier molecular flexibility index (Phi) is 4.27. The molecule has 0 fully saturated rings. The Labute approximate surface area is 115 Å². The highest BCUT2D eigenvalue weighted by Gasteiger charge is 2.21. The number of halogens is 1. The average Bonchev–Trinajstić information content (AvgIpc) is 2.41. The standard InChI is InChI=1S/C14H13FN2O3/c1-16-9-10-5-7-11(8-6-10)20-13-4-2-3-12(15)14(13)17(18)19/h2-8,16H,9H2,1H3. The molecule has 0 saturated heterocycles. The van der Waals surface area contributed by atoms with Gasteiger partial charge >= 0.3 is 5.69 Å². The molecule has 0 spiro atoms. The summed E-state index contributed by atoms with van der Waals surface area (Å²) in [5.41, 5.74) is 0.389. The number of nitro groups is 1. The molecule has 1 N–H and O–H groups in total. The number of para-hydroxylation sites is 1. The molecular formula is C14H13FN2O3. The predicted molar refractivity (Wildman–Crippen MR) is 72.3 cm³/mol. The monoisotopic (exact) mass is 276 g/mol. The van der Waals surface area contributed by atoms with E-state index in [2.05, 4.69) is 5.32 Å². The number of nitro benzene ring substituents is 1. The van der Waals surface area contributed by atoms with Crippen LogP contribution in [0.2, 0.25) is 0 Å². The van der Waals surface area contributed by atoms with E-state index >= 15 is 0 Å². The topological polar surface area (TPSA) is 64.4 Å². The van der Waals surface area contributed by atoms with E-state index in [0.717, 1.165) is 11.6 Å². The molecule has 0 saturated carbocycles. The fourth-order valence-electron chi connectivity index (χ4n) is 1.76. The largest absolute Gasteiger partial charge is 0.450 e. The lowest BCUT2D eigenvalue weighted by molar-refractivity contribution is -0.388. The second-order valence-electron chi connectivity index (χ2n) is 4.12. The molecule has 0 unspecified atom stereocenters. The van der Waals surface area contributed by atoms with Gasteiger partial charge in [-0.25, -0.2) is 0 Å². The molecule has 0 aliphatic carbocycles. The normalized spacial score (nSPS) is 10.3. The third kappa shape index (κ3) is 3.10. The van der Waals surface area contributed by atoms with E-state index in [9.17, 15) is 14.5 Å². The van der Waals surface area contributed by atoms with Crippen molar-refractivity contribution in [2.75, 3.05) is 7.05 Å². The number of rotatable bonds is 5. The van der Waals surface area contributed by atoms with Crippen LogP contribution in [-0.2, 0) is 6.54 Å². The van der Waals surface area contributed by atoms with Crippen molar-refractivity contribution in [3.63, 3.8) is 0 Å². The maximum atomic E-state index is 13.4. The van der Waals surface area contributed by atoms with Crippen LogP contribution >= 0.6 is 0 Å². The fourth-order valence-corrected chi connectivity index (χ4v) is 1.76. The van der Waals surface area contributed by atoms with Gasteiger partial charge in [-0.2, -0.15) is 4.39 Å². The summed E-state index contributed by atoms with van der Waals surface area (Å²) in [5, 5.41) is 13.9. The van der Waals surface area contributed by atoms with Crippen LogP contribution in [0.1, 0.15) is 5.56 Å². The minimum atomic E-state index is -0.917. The van der Waals surface area contributed by atoms with Crippen LogP contribution in [0.3, 0.4) is 0 Å². The van der Waals surface area contributed by atoms with Crippen molar-refractivity contribution in [1.82, 2.24) is 5.32 Å². The molecule has 0 amide bonds. The van der Waals surface area contributed by atoms with Crippen LogP contribution in [-0.4, -0.2) is 12.0 Å². The molecular weight excluding hydrogens is 263 g/mol. The van der Waals surface area contributed by atoms with Crippen LogP contribution < -0.4 is 10.1 Å². The highest BCUT2D eigenvalue weighted by atomic mass is 19.1. The summed E-state index contributed by atoms with van der Waals surface area (Å²) in [6, 6.07) is 10.8. The van der Waals surface area contributed by atoms with E-state index in [4.69, 9.17) is 4.74 Å². The van der Waals surface area contributed by atoms with E-state index in [-0.39, 0.29) is 5.75 Å². The summed E-state index contributed by atoms with van der Waals surface area (Å²) >= 11 is 0. The minimum absolute atomic E-state index is 0.114. The molecule has 0 atom stereocenters. The maximum absolute atomic E-state index is 13.4. The Morgan fingerprint density at radius 2 is 1.95 bits per heavy atom. The van der Waals surface area contributed by atoms with Gasteiger partial charge < -0.3 is 10.1 Å². The highest BCUT2D eigenvalue weighted by Crippen LogP contribution is 2.33. The molecule has 2 aromatic carbocycles. The molecule has 2 aromatic rings. The minimum Gasteiger partial charge on any atom is -0.450 e. The quantitative estimate of drug-likeness (QED) is 0.672. The molecule has 0 bridgehead atoms. The molecule has 104 valence electrons. The molecule has 5 nitrogen and oxygen atoms in total. The second-order valence-corrected chi connectivity index (χ2v) is 4.12. The zero-order valence-corrected chi connectivity index (χ0v) is 10.8. The molecule has 0 heterocycles. The second kappa shape index (κ2) is 6.12. The van der Waals surface area contributed by atoms with Crippen molar-refractivity contribution in [3.05, 3.63) is 64.0 Å². The van der Waals surface area contributed by atoms with Gasteiger partial charge in [0.05, 0.1) is 4.92 Å². The first kappa shape index (κ1) is 14.0. The summed E-state index contributed by atoms with van der Waals surface area (Å²) in [7, 11) is 1.83. The lowest BCUT2D eigenvalue weighted by Crippen LogP contribution is -2.04. The summed E-state index contributed by atoms with van der Waals surface area (Å²) in [6.07, 6.45) is 0. The van der Waals surface area contributed by atoms with Crippen molar-refractivity contribution in [1.29, 1.82) is 0 Å². The van der Waals surface area contributed by atoms with Crippen LogP contribution in [0, 0.1) is 15.9 Å². The van der Waals surface area contributed by atoms with Gasteiger partial charge in [0.2, 0.25) is 11.6 Å². The van der Waals surface area contributed by atoms with Gasteiger partial charge in [0.15, 0.2) is 0 Å². The number of hydrogen-bond donors (Lipinski definition) is 1. The first-order valence-corrected chi connectivity index (χ1v) is 5.96. The molecule has 0 aromatic heterocycles. The van der Waals surface area contributed by atoms with Gasteiger partial charge in [-0.3, -0.25) is 10.1 Å². The van der Waals surface area contributed by atoms with Crippen LogP contribution in [0.4, 0.5) is 10.1 Å². The number of nitrogens with zero attached hydrogens (tertiary/aromatic N) is 1. The van der Waals surface area contributed by atoms with Crippen LogP contribution in [0.5, 0.6) is 11.5 Å². The van der Waals surface area contributed by atoms with Gasteiger partial charge in [-0.15, -0.1) is 0 Å². The lowest BCUT2D eigenvalue weighted by atomic mass is 10.2. The number of ether oxygens (including phenoxy) is 1. The van der Waals surface area contributed by atoms with E-state index in [0.29, 0.717) is 12.3 Å². The van der Waals surface area contributed by atoms with Gasteiger partial charge in [0.1, 0.15) is 5.75 Å². The van der Waals surface area contributed by atoms with Gasteiger partial charge in [-0.05, 0) is 36.9 Å². The zero-order valence-electron chi connectivity index (χ0n) is 10.8. The Bertz CT molecular complexity index is 614. The fraction of sp³-hybridized carbons (Fsp3) is 0.143. The molecule has 0 aliphatic rings. The van der Waals surface area contributed by atoms with Crippen LogP contribution in [0.25, 0.3) is 0 Å². The predicted octanol–water partition coefficient (Wildman–Crippen LogP) is 3.25. The highest BCUT2D eigenvalue weighted by molar-refractivity contribution is 5.49. The van der Waals surface area contributed by atoms with Crippen molar-refractivity contribution in [2.24, 2.45) is 0 Å². The van der Waals surface area contributed by atoms with Gasteiger partial charge in [0.25, 0.3) is 0 Å². The molecule has 6 heteroatoms. The maximum Gasteiger partial charge on any atom is 0.346 e. The van der Waals surface area contributed by atoms with Gasteiger partial charge in [0, 0.05) is 6.54 Å². The summed E-state index contributed by atoms with van der Waals surface area (Å²) in [5.74, 6) is -0.616. The van der Waals surface area contributed by atoms with E-state index < -0.39 is 16.4 Å². The Hall–Kier alpha value is -2.47. The van der Waals surface area contributed by atoms with E-state index in [1.165, 1.54) is 12.1 Å². The molecule has 2 rings (SSSR count). The molecule has 0 aliphatic heterocycles. The average molecular weight is 276 g/mol. The number of hydrogen-bond acceptors (Lipinski definition) is 4. The SMILES string of the molecule is CNCc1ccc(Oc2cccc(F)c2[N+](=O)[O-])cc1. The third-order valence-corrected chi connectivity index (χ3v) is 2.66.